The van der Waals surface area contributed by atoms with Crippen molar-refractivity contribution < 1.29 is 34.3 Å². The van der Waals surface area contributed by atoms with Crippen molar-refractivity contribution in [3.8, 4) is 0 Å². The average Bonchev–Trinajstić information content (AvgIpc) is 2.79. The second-order valence-corrected chi connectivity index (χ2v) is 11.4. The average molecular weight is 487 g/mol. The van der Waals surface area contributed by atoms with E-state index >= 15 is 0 Å². The van der Waals surface area contributed by atoms with Crippen LogP contribution < -0.4 is 0 Å². The molecule has 2 aliphatic heterocycles. The van der Waals surface area contributed by atoms with Crippen LogP contribution in [-0.2, 0) is 18.9 Å². The van der Waals surface area contributed by atoms with Crippen molar-refractivity contribution in [2.45, 2.75) is 142 Å². The molecule has 7 nitrogen and oxygen atoms in total. The lowest BCUT2D eigenvalue weighted by Gasteiger charge is -2.49. The molecular formula is C27H50O7. The van der Waals surface area contributed by atoms with E-state index in [4.69, 9.17) is 18.9 Å². The number of aliphatic hydroxyl groups excluding tert-OH is 2. The second-order valence-electron chi connectivity index (χ2n) is 11.4. The van der Waals surface area contributed by atoms with Gasteiger partial charge in [0.1, 0.15) is 12.2 Å². The molecule has 2 saturated heterocycles. The Hall–Kier alpha value is -0.280. The van der Waals surface area contributed by atoms with Gasteiger partial charge in [-0.3, -0.25) is 0 Å². The molecule has 3 aliphatic rings. The van der Waals surface area contributed by atoms with E-state index in [1.807, 2.05) is 6.92 Å². The summed E-state index contributed by atoms with van der Waals surface area (Å²) in [6, 6.07) is 0. The quantitative estimate of drug-likeness (QED) is 0.453. The molecule has 3 rings (SSSR count). The van der Waals surface area contributed by atoms with Gasteiger partial charge in [0, 0.05) is 11.8 Å². The minimum atomic E-state index is -1.10. The highest BCUT2D eigenvalue weighted by atomic mass is 16.7. The molecule has 0 aromatic carbocycles. The summed E-state index contributed by atoms with van der Waals surface area (Å²) in [5.41, 5.74) is -1.10. The van der Waals surface area contributed by atoms with Crippen LogP contribution in [0.5, 0.6) is 0 Å². The molecule has 0 amide bonds. The molecule has 0 spiro atoms. The monoisotopic (exact) mass is 486 g/mol. The first-order valence-corrected chi connectivity index (χ1v) is 13.8. The number of hydrogen-bond donors (Lipinski definition) is 3. The lowest BCUT2D eigenvalue weighted by Crippen LogP contribution is -2.60. The first-order chi connectivity index (χ1) is 16.1. The van der Waals surface area contributed by atoms with Crippen LogP contribution in [0.2, 0.25) is 0 Å². The maximum absolute atomic E-state index is 11.4. The SMILES string of the molecule is CCCC[C@@H]1CC[C@@H](CC)OC1OC1[C@H](O)C(OC2OC[C@](C)(O)[C@H](CC)[C@H]2O)[C@H](C)C[C@@H]1C. The number of rotatable bonds is 9. The van der Waals surface area contributed by atoms with Gasteiger partial charge in [-0.1, -0.05) is 47.5 Å². The van der Waals surface area contributed by atoms with Gasteiger partial charge in [0.25, 0.3) is 0 Å². The lowest BCUT2D eigenvalue weighted by molar-refractivity contribution is -0.324. The van der Waals surface area contributed by atoms with Crippen LogP contribution in [0.3, 0.4) is 0 Å². The third-order valence-corrected chi connectivity index (χ3v) is 8.55. The summed E-state index contributed by atoms with van der Waals surface area (Å²) in [5, 5.41) is 32.9. The van der Waals surface area contributed by atoms with E-state index in [0.29, 0.717) is 12.3 Å². The summed E-state index contributed by atoms with van der Waals surface area (Å²) in [6.07, 6.45) is 4.21. The molecule has 3 fully saturated rings. The molecule has 4 unspecified atom stereocenters. The molecule has 34 heavy (non-hydrogen) atoms. The van der Waals surface area contributed by atoms with Gasteiger partial charge >= 0.3 is 0 Å². The molecule has 0 aromatic heterocycles. The Balaban J connectivity index is 1.70. The molecule has 2 heterocycles. The van der Waals surface area contributed by atoms with Crippen molar-refractivity contribution in [2.75, 3.05) is 6.61 Å². The van der Waals surface area contributed by atoms with Crippen molar-refractivity contribution >= 4 is 0 Å². The van der Waals surface area contributed by atoms with Crippen LogP contribution in [0.4, 0.5) is 0 Å². The zero-order chi connectivity index (χ0) is 25.0. The zero-order valence-electron chi connectivity index (χ0n) is 22.2. The van der Waals surface area contributed by atoms with Gasteiger partial charge in [-0.2, -0.15) is 0 Å². The van der Waals surface area contributed by atoms with E-state index < -0.39 is 36.3 Å². The van der Waals surface area contributed by atoms with E-state index in [2.05, 4.69) is 27.7 Å². The van der Waals surface area contributed by atoms with Crippen molar-refractivity contribution in [3.63, 3.8) is 0 Å². The Morgan fingerprint density at radius 3 is 2.15 bits per heavy atom. The highest BCUT2D eigenvalue weighted by Gasteiger charge is 2.50. The Morgan fingerprint density at radius 1 is 0.912 bits per heavy atom. The number of unbranched alkanes of at least 4 members (excludes halogenated alkanes) is 1. The number of hydrogen-bond acceptors (Lipinski definition) is 7. The molecule has 0 bridgehead atoms. The van der Waals surface area contributed by atoms with Crippen LogP contribution >= 0.6 is 0 Å². The van der Waals surface area contributed by atoms with E-state index in [1.54, 1.807) is 6.92 Å². The van der Waals surface area contributed by atoms with E-state index in [0.717, 1.165) is 44.9 Å². The fourth-order valence-corrected chi connectivity index (χ4v) is 6.36. The van der Waals surface area contributed by atoms with Crippen molar-refractivity contribution in [2.24, 2.45) is 23.7 Å². The van der Waals surface area contributed by atoms with E-state index in [1.165, 1.54) is 0 Å². The summed E-state index contributed by atoms with van der Waals surface area (Å²) in [6.45, 7) is 12.3. The third kappa shape index (κ3) is 6.34. The summed E-state index contributed by atoms with van der Waals surface area (Å²) in [7, 11) is 0. The summed E-state index contributed by atoms with van der Waals surface area (Å²) in [5.74, 6) is 0.226. The predicted molar refractivity (Wildman–Crippen MR) is 130 cm³/mol. The molecular weight excluding hydrogens is 436 g/mol. The van der Waals surface area contributed by atoms with Crippen molar-refractivity contribution in [1.82, 2.24) is 0 Å². The zero-order valence-corrected chi connectivity index (χ0v) is 22.2. The first kappa shape index (κ1) is 28.3. The largest absolute Gasteiger partial charge is 0.388 e. The number of aliphatic hydroxyl groups is 3. The van der Waals surface area contributed by atoms with Crippen LogP contribution in [0.1, 0.15) is 92.9 Å². The van der Waals surface area contributed by atoms with Crippen molar-refractivity contribution in [1.29, 1.82) is 0 Å². The first-order valence-electron chi connectivity index (χ1n) is 13.8. The fourth-order valence-electron chi connectivity index (χ4n) is 6.36. The molecule has 0 aromatic rings. The highest BCUT2D eigenvalue weighted by molar-refractivity contribution is 4.95. The van der Waals surface area contributed by atoms with Gasteiger partial charge in [-0.05, 0) is 57.3 Å². The Kier molecular flexibility index (Phi) is 10.2. The van der Waals surface area contributed by atoms with Gasteiger partial charge < -0.3 is 34.3 Å². The molecule has 1 saturated carbocycles. The molecule has 200 valence electrons. The van der Waals surface area contributed by atoms with Crippen LogP contribution in [0, 0.1) is 23.7 Å². The number of ether oxygens (including phenoxy) is 4. The summed E-state index contributed by atoms with van der Waals surface area (Å²) >= 11 is 0. The second kappa shape index (κ2) is 12.3. The van der Waals surface area contributed by atoms with E-state index in [9.17, 15) is 15.3 Å². The Labute approximate surface area is 206 Å². The topological polar surface area (TPSA) is 97.6 Å². The van der Waals surface area contributed by atoms with Gasteiger partial charge in [-0.15, -0.1) is 0 Å². The molecule has 1 aliphatic carbocycles. The third-order valence-electron chi connectivity index (χ3n) is 8.55. The van der Waals surface area contributed by atoms with Gasteiger partial charge in [0.15, 0.2) is 12.6 Å². The smallest absolute Gasteiger partial charge is 0.184 e. The van der Waals surface area contributed by atoms with E-state index in [-0.39, 0.29) is 36.8 Å². The summed E-state index contributed by atoms with van der Waals surface area (Å²) < 4.78 is 24.9. The molecule has 0 radical (unpaired) electrons. The van der Waals surface area contributed by atoms with Crippen molar-refractivity contribution in [3.05, 3.63) is 0 Å². The minimum Gasteiger partial charge on any atom is -0.388 e. The van der Waals surface area contributed by atoms with Gasteiger partial charge in [0.05, 0.1) is 30.5 Å². The molecule has 3 N–H and O–H groups in total. The highest BCUT2D eigenvalue weighted by Crippen LogP contribution is 2.40. The van der Waals surface area contributed by atoms with Crippen LogP contribution in [-0.4, -0.2) is 70.6 Å². The molecule has 7 heteroatoms. The maximum Gasteiger partial charge on any atom is 0.184 e. The standard InChI is InChI=1S/C27H50O7/c1-7-10-11-18-12-13-19(8-2)32-25(18)33-23-16(4)14-17(5)24(22(23)29)34-26-21(28)20(9-3)27(6,30)15-31-26/h16-26,28-30H,7-15H2,1-6H3/t16-,17+,18+,19+,20+,21+,22-,23?,24?,25?,26?,27-/m0/s1. The summed E-state index contributed by atoms with van der Waals surface area (Å²) in [4.78, 5) is 0. The van der Waals surface area contributed by atoms with Crippen LogP contribution in [0.25, 0.3) is 0 Å². The Bertz CT molecular complexity index is 614. The normalized spacial score (nSPS) is 48.1. The Morgan fingerprint density at radius 2 is 1.56 bits per heavy atom. The minimum absolute atomic E-state index is 0.0784. The van der Waals surface area contributed by atoms with Gasteiger partial charge in [0.2, 0.25) is 0 Å². The van der Waals surface area contributed by atoms with Crippen LogP contribution in [0.15, 0.2) is 0 Å². The lowest BCUT2D eigenvalue weighted by atomic mass is 9.76. The molecule has 12 atom stereocenters. The maximum atomic E-state index is 11.4. The fraction of sp³-hybridized carbons (Fsp3) is 1.00. The predicted octanol–water partition coefficient (Wildman–Crippen LogP) is 4.01. The van der Waals surface area contributed by atoms with Gasteiger partial charge in [-0.25, -0.2) is 0 Å².